The molecule has 8 rings (SSSR count). The predicted octanol–water partition coefficient (Wildman–Crippen LogP) is 8.20. The van der Waals surface area contributed by atoms with Gasteiger partial charge in [0.05, 0.1) is 19.3 Å². The lowest BCUT2D eigenvalue weighted by Crippen LogP contribution is -2.06. The second-order valence-corrected chi connectivity index (χ2v) is 8.86. The Bertz CT molecular complexity index is 2400. The minimum atomic E-state index is -0.203. The van der Waals surface area contributed by atoms with Gasteiger partial charge in [-0.2, -0.15) is 9.97 Å². The lowest BCUT2D eigenvalue weighted by atomic mass is 10.1. The first-order chi connectivity index (χ1) is 21.3. The molecule has 3 heterocycles. The summed E-state index contributed by atoms with van der Waals surface area (Å²) in [5.74, 6) is 0.736. The van der Waals surface area contributed by atoms with Crippen LogP contribution < -0.4 is 0 Å². The van der Waals surface area contributed by atoms with Crippen molar-refractivity contribution in [1.82, 2.24) is 19.5 Å². The van der Waals surface area contributed by atoms with Gasteiger partial charge in [0, 0.05) is 32.7 Å². The van der Waals surface area contributed by atoms with E-state index in [0.29, 0.717) is 28.4 Å². The highest BCUT2D eigenvalue weighted by molar-refractivity contribution is 6.09. The number of fused-ring (bicyclic) bond motifs is 6. The summed E-state index contributed by atoms with van der Waals surface area (Å²) in [5.41, 5.74) is 3.14. The zero-order valence-electron chi connectivity index (χ0n) is 25.8. The first-order valence-corrected chi connectivity index (χ1v) is 12.1. The number of para-hydroxylation sites is 3. The van der Waals surface area contributed by atoms with Gasteiger partial charge < -0.3 is 4.42 Å². The fraction of sp³-hybridized carbons (Fsp3) is 0. The summed E-state index contributed by atoms with van der Waals surface area (Å²) in [6.07, 6.45) is 0. The number of hydrogen-bond donors (Lipinski definition) is 0. The first-order valence-electron chi connectivity index (χ1n) is 15.1. The summed E-state index contributed by atoms with van der Waals surface area (Å²) < 4.78 is 59.2. The van der Waals surface area contributed by atoms with Crippen LogP contribution in [0.3, 0.4) is 0 Å². The molecule has 38 heavy (non-hydrogen) atoms. The first kappa shape index (κ1) is 15.7. The smallest absolute Gasteiger partial charge is 0.238 e. The van der Waals surface area contributed by atoms with Gasteiger partial charge in [0.25, 0.3) is 0 Å². The van der Waals surface area contributed by atoms with Gasteiger partial charge in [-0.3, -0.25) is 4.57 Å². The maximum Gasteiger partial charge on any atom is 0.238 e. The fourth-order valence-corrected chi connectivity index (χ4v) is 4.89. The van der Waals surface area contributed by atoms with E-state index in [2.05, 4.69) is 0 Å². The molecule has 8 aromatic rings. The predicted molar refractivity (Wildman–Crippen MR) is 152 cm³/mol. The SMILES string of the molecule is [2H]c1cc([2H])c2c(c1[2H])c1c([2H])c([2H])cc([2H])c1n2-c1nc(-c2ccccc2)nc(-c2ccc3c(c2)oc2ccccc23)n1. The number of benzene rings is 5. The minimum Gasteiger partial charge on any atom is -0.456 e. The highest BCUT2D eigenvalue weighted by Gasteiger charge is 2.18. The van der Waals surface area contributed by atoms with Crippen LogP contribution in [-0.2, 0) is 0 Å². The van der Waals surface area contributed by atoms with Crippen molar-refractivity contribution in [2.24, 2.45) is 0 Å². The third-order valence-electron chi connectivity index (χ3n) is 6.62. The van der Waals surface area contributed by atoms with Crippen LogP contribution in [0.15, 0.2) is 126 Å². The minimum absolute atomic E-state index is 0.0785. The van der Waals surface area contributed by atoms with Crippen LogP contribution in [0.5, 0.6) is 0 Å². The summed E-state index contributed by atoms with van der Waals surface area (Å²) in [5, 5.41) is 2.21. The summed E-state index contributed by atoms with van der Waals surface area (Å²) >= 11 is 0. The van der Waals surface area contributed by atoms with Crippen LogP contribution in [0.2, 0.25) is 0 Å². The number of furan rings is 1. The lowest BCUT2D eigenvalue weighted by Gasteiger charge is -2.10. The molecule has 0 saturated carbocycles. The molecule has 0 spiro atoms. The average Bonchev–Trinajstić information content (AvgIpc) is 3.60. The van der Waals surface area contributed by atoms with Gasteiger partial charge >= 0.3 is 0 Å². The molecular weight excluding hydrogens is 468 g/mol. The summed E-state index contributed by atoms with van der Waals surface area (Å²) in [7, 11) is 0. The maximum atomic E-state index is 8.82. The average molecular weight is 495 g/mol. The number of aromatic nitrogens is 4. The normalized spacial score (nSPS) is 13.9. The quantitative estimate of drug-likeness (QED) is 0.248. The molecule has 0 bridgehead atoms. The highest BCUT2D eigenvalue weighted by atomic mass is 16.3. The van der Waals surface area contributed by atoms with Crippen molar-refractivity contribution in [2.75, 3.05) is 0 Å². The van der Waals surface area contributed by atoms with E-state index in [1.165, 1.54) is 16.7 Å². The topological polar surface area (TPSA) is 56.7 Å². The molecule has 0 aliphatic heterocycles. The van der Waals surface area contributed by atoms with Crippen molar-refractivity contribution in [3.8, 4) is 28.7 Å². The largest absolute Gasteiger partial charge is 0.456 e. The van der Waals surface area contributed by atoms with E-state index >= 15 is 0 Å². The molecule has 0 saturated heterocycles. The van der Waals surface area contributed by atoms with E-state index in [9.17, 15) is 0 Å². The van der Waals surface area contributed by atoms with E-state index in [1.807, 2.05) is 72.8 Å². The monoisotopic (exact) mass is 494 g/mol. The molecule has 0 aliphatic carbocycles. The van der Waals surface area contributed by atoms with Crippen LogP contribution >= 0.6 is 0 Å². The van der Waals surface area contributed by atoms with E-state index in [1.54, 1.807) is 0 Å². The third-order valence-corrected chi connectivity index (χ3v) is 6.62. The van der Waals surface area contributed by atoms with Crippen LogP contribution in [0.25, 0.3) is 72.5 Å². The van der Waals surface area contributed by atoms with Crippen LogP contribution in [0.1, 0.15) is 8.22 Å². The van der Waals surface area contributed by atoms with E-state index in [4.69, 9.17) is 27.6 Å². The molecule has 0 N–H and O–H groups in total. The lowest BCUT2D eigenvalue weighted by molar-refractivity contribution is 0.669. The molecule has 0 amide bonds. The molecule has 5 heteroatoms. The second-order valence-electron chi connectivity index (χ2n) is 8.86. The number of rotatable bonds is 3. The fourth-order valence-electron chi connectivity index (χ4n) is 4.89. The third kappa shape index (κ3) is 3.15. The highest BCUT2D eigenvalue weighted by Crippen LogP contribution is 2.34. The van der Waals surface area contributed by atoms with Gasteiger partial charge in [-0.1, -0.05) is 90.9 Å². The molecule has 0 atom stereocenters. The van der Waals surface area contributed by atoms with Gasteiger partial charge in [0.2, 0.25) is 5.95 Å². The van der Waals surface area contributed by atoms with Gasteiger partial charge in [-0.25, -0.2) is 4.98 Å². The summed E-state index contributed by atoms with van der Waals surface area (Å²) in [6, 6.07) is 24.4. The summed E-state index contributed by atoms with van der Waals surface area (Å²) in [4.78, 5) is 14.4. The molecule has 178 valence electrons. The molecule has 5 aromatic carbocycles. The van der Waals surface area contributed by atoms with Crippen LogP contribution in [-0.4, -0.2) is 19.5 Å². The molecule has 0 radical (unpaired) electrons. The van der Waals surface area contributed by atoms with E-state index < -0.39 is 0 Å². The Morgan fingerprint density at radius 3 is 1.97 bits per heavy atom. The van der Waals surface area contributed by atoms with E-state index in [-0.39, 0.29) is 64.0 Å². The van der Waals surface area contributed by atoms with Crippen molar-refractivity contribution >= 4 is 43.7 Å². The van der Waals surface area contributed by atoms with E-state index in [0.717, 1.165) is 16.4 Å². The Morgan fingerprint density at radius 2 is 1.21 bits per heavy atom. The molecule has 0 unspecified atom stereocenters. The zero-order valence-corrected chi connectivity index (χ0v) is 19.8. The Hall–Kier alpha value is -5.29. The van der Waals surface area contributed by atoms with Gasteiger partial charge in [-0.05, 0) is 30.3 Å². The number of nitrogens with zero attached hydrogens (tertiary/aromatic N) is 4. The molecule has 0 aliphatic rings. The van der Waals surface area contributed by atoms with Crippen molar-refractivity contribution < 1.29 is 12.6 Å². The zero-order chi connectivity index (χ0) is 30.3. The number of hydrogen-bond acceptors (Lipinski definition) is 4. The standard InChI is InChI=1S/C33H20N4O/c1-2-10-21(11-3-1)31-34-32(22-18-19-26-25-14-6-9-17-29(25)38-30(26)20-22)36-33(35-31)37-27-15-7-4-12-23(27)24-13-5-8-16-28(24)37/h1-20H/i4D,5D,12D,13D,15D,16D. The van der Waals surface area contributed by atoms with Crippen molar-refractivity contribution in [3.05, 3.63) is 121 Å². The molecule has 0 fully saturated rings. The molecule has 5 nitrogen and oxygen atoms in total. The van der Waals surface area contributed by atoms with Gasteiger partial charge in [-0.15, -0.1) is 0 Å². The van der Waals surface area contributed by atoms with Crippen LogP contribution in [0.4, 0.5) is 0 Å². The van der Waals surface area contributed by atoms with Crippen molar-refractivity contribution in [3.63, 3.8) is 0 Å². The molecule has 3 aromatic heterocycles. The van der Waals surface area contributed by atoms with Crippen molar-refractivity contribution in [1.29, 1.82) is 0 Å². The van der Waals surface area contributed by atoms with Gasteiger partial charge in [0.1, 0.15) is 11.2 Å². The van der Waals surface area contributed by atoms with Crippen LogP contribution in [0, 0.1) is 0 Å². The Balaban J connectivity index is 1.48. The molecular formula is C33H20N4O. The van der Waals surface area contributed by atoms with Crippen molar-refractivity contribution in [2.45, 2.75) is 0 Å². The Kier molecular flexibility index (Phi) is 3.36. The maximum absolute atomic E-state index is 8.82. The Morgan fingerprint density at radius 1 is 0.553 bits per heavy atom. The second kappa shape index (κ2) is 8.11. The summed E-state index contributed by atoms with van der Waals surface area (Å²) in [6.45, 7) is 0. The Labute approximate surface area is 226 Å². The van der Waals surface area contributed by atoms with Gasteiger partial charge in [0.15, 0.2) is 11.6 Å².